The zero-order valence-corrected chi connectivity index (χ0v) is 22.5. The molecule has 5 heterocycles. The molecule has 2 saturated heterocycles. The SMILES string of the molecule is [2H]C([2H])([2H])NC(=O)c1cc(C)c(F)c(-c2cnn3cc(-c4cnn([C@@H]5CCN(C(=O)O)C[C@H]5F)c4)c(O[C@H]4CCOC4)nc23)c1. The van der Waals surface area contributed by atoms with E-state index in [-0.39, 0.29) is 59.4 Å². The summed E-state index contributed by atoms with van der Waals surface area (Å²) in [6.45, 7) is -0.526. The molecule has 42 heavy (non-hydrogen) atoms. The molecule has 0 saturated carbocycles. The predicted molar refractivity (Wildman–Crippen MR) is 146 cm³/mol. The van der Waals surface area contributed by atoms with E-state index < -0.39 is 37.0 Å². The van der Waals surface area contributed by atoms with E-state index in [2.05, 4.69) is 10.2 Å². The van der Waals surface area contributed by atoms with Gasteiger partial charge >= 0.3 is 6.09 Å². The number of hydrogen-bond acceptors (Lipinski definition) is 7. The molecule has 4 aromatic rings. The van der Waals surface area contributed by atoms with Crippen molar-refractivity contribution in [3.63, 3.8) is 0 Å². The van der Waals surface area contributed by atoms with Gasteiger partial charge in [0.2, 0.25) is 5.88 Å². The normalized spacial score (nSPS) is 22.0. The van der Waals surface area contributed by atoms with Crippen molar-refractivity contribution in [2.75, 3.05) is 33.3 Å². The van der Waals surface area contributed by atoms with Crippen LogP contribution in [0.15, 0.2) is 36.9 Å². The van der Waals surface area contributed by atoms with E-state index >= 15 is 4.39 Å². The topological polar surface area (TPSA) is 136 Å². The third-order valence-electron chi connectivity index (χ3n) is 7.57. The van der Waals surface area contributed by atoms with Gasteiger partial charge in [0.15, 0.2) is 5.65 Å². The number of ether oxygens (including phenoxy) is 2. The van der Waals surface area contributed by atoms with Crippen LogP contribution in [0, 0.1) is 12.7 Å². The first-order valence-electron chi connectivity index (χ1n) is 14.8. The van der Waals surface area contributed by atoms with Crippen LogP contribution in [0.4, 0.5) is 13.6 Å². The summed E-state index contributed by atoms with van der Waals surface area (Å²) in [6, 6.07) is 1.83. The monoisotopic (exact) mass is 584 g/mol. The van der Waals surface area contributed by atoms with Crippen LogP contribution in [0.1, 0.15) is 38.9 Å². The molecule has 6 rings (SSSR count). The maximum atomic E-state index is 15.5. The van der Waals surface area contributed by atoms with Gasteiger partial charge in [0.05, 0.1) is 43.8 Å². The van der Waals surface area contributed by atoms with Crippen LogP contribution in [0.5, 0.6) is 5.88 Å². The lowest BCUT2D eigenvalue weighted by Crippen LogP contribution is -2.45. The number of hydrogen-bond donors (Lipinski definition) is 2. The van der Waals surface area contributed by atoms with Gasteiger partial charge in [-0.2, -0.15) is 15.2 Å². The third-order valence-corrected chi connectivity index (χ3v) is 7.57. The lowest BCUT2D eigenvalue weighted by molar-refractivity contribution is 0.0754. The van der Waals surface area contributed by atoms with Crippen molar-refractivity contribution in [3.8, 4) is 28.1 Å². The molecule has 220 valence electrons. The first-order valence-corrected chi connectivity index (χ1v) is 13.3. The number of benzene rings is 1. The number of halogens is 2. The van der Waals surface area contributed by atoms with Gasteiger partial charge in [-0.05, 0) is 31.0 Å². The van der Waals surface area contributed by atoms with Crippen molar-refractivity contribution in [2.45, 2.75) is 38.1 Å². The number of carbonyl (C=O) groups excluding carboxylic acids is 1. The quantitative estimate of drug-likeness (QED) is 0.352. The maximum absolute atomic E-state index is 15.5. The number of rotatable bonds is 6. The first-order chi connectivity index (χ1) is 21.4. The van der Waals surface area contributed by atoms with Crippen molar-refractivity contribution < 1.29 is 37.1 Å². The zero-order valence-electron chi connectivity index (χ0n) is 25.5. The minimum Gasteiger partial charge on any atom is -0.471 e. The molecule has 2 amide bonds. The summed E-state index contributed by atoms with van der Waals surface area (Å²) in [5.41, 5.74) is 1.50. The number of alkyl halides is 1. The Labute approximate surface area is 243 Å². The van der Waals surface area contributed by atoms with E-state index in [1.807, 2.05) is 5.32 Å². The number of carbonyl (C=O) groups is 2. The molecular weight excluding hydrogens is 552 g/mol. The lowest BCUT2D eigenvalue weighted by atomic mass is 10.0. The number of fused-ring (bicyclic) bond motifs is 1. The molecule has 3 aromatic heterocycles. The molecule has 2 aliphatic heterocycles. The molecule has 2 N–H and O–H groups in total. The average Bonchev–Trinajstić information content (AvgIpc) is 3.75. The Morgan fingerprint density at radius 2 is 2.05 bits per heavy atom. The van der Waals surface area contributed by atoms with Crippen LogP contribution in [-0.2, 0) is 4.74 Å². The molecule has 2 aliphatic rings. The predicted octanol–water partition coefficient (Wildman–Crippen LogP) is 3.50. The van der Waals surface area contributed by atoms with Crippen molar-refractivity contribution in [2.24, 2.45) is 0 Å². The number of nitrogens with zero attached hydrogens (tertiary/aromatic N) is 6. The van der Waals surface area contributed by atoms with Crippen LogP contribution in [0.3, 0.4) is 0 Å². The van der Waals surface area contributed by atoms with Crippen LogP contribution in [-0.4, -0.2) is 91.9 Å². The van der Waals surface area contributed by atoms with Crippen LogP contribution < -0.4 is 10.1 Å². The summed E-state index contributed by atoms with van der Waals surface area (Å²) < 4.78 is 67.1. The number of piperidine rings is 1. The third kappa shape index (κ3) is 5.02. The Hall–Kier alpha value is -4.59. The van der Waals surface area contributed by atoms with Gasteiger partial charge in [-0.3, -0.25) is 9.48 Å². The number of nitrogens with one attached hydrogen (secondary N) is 1. The fourth-order valence-electron chi connectivity index (χ4n) is 5.33. The summed E-state index contributed by atoms with van der Waals surface area (Å²) in [4.78, 5) is 29.6. The molecule has 0 spiro atoms. The van der Waals surface area contributed by atoms with Gasteiger partial charge in [0, 0.05) is 58.7 Å². The van der Waals surface area contributed by atoms with Crippen LogP contribution in [0.2, 0.25) is 0 Å². The van der Waals surface area contributed by atoms with Crippen LogP contribution >= 0.6 is 0 Å². The van der Waals surface area contributed by atoms with Gasteiger partial charge in [-0.25, -0.2) is 18.1 Å². The van der Waals surface area contributed by atoms with Crippen molar-refractivity contribution in [3.05, 3.63) is 53.9 Å². The number of carboxylic acid groups (broad SMARTS) is 1. The van der Waals surface area contributed by atoms with Gasteiger partial charge in [0.1, 0.15) is 18.1 Å². The van der Waals surface area contributed by atoms with Gasteiger partial charge < -0.3 is 24.8 Å². The Morgan fingerprint density at radius 1 is 1.19 bits per heavy atom. The zero-order chi connectivity index (χ0) is 32.0. The Morgan fingerprint density at radius 3 is 2.79 bits per heavy atom. The number of amides is 2. The Bertz CT molecular complexity index is 1770. The van der Waals surface area contributed by atoms with E-state index in [9.17, 15) is 19.1 Å². The average molecular weight is 585 g/mol. The minimum absolute atomic E-state index is 0.00870. The summed E-state index contributed by atoms with van der Waals surface area (Å²) >= 11 is 0. The second-order valence-electron chi connectivity index (χ2n) is 10.3. The Balaban J connectivity index is 1.39. The van der Waals surface area contributed by atoms with E-state index in [0.717, 1.165) is 4.90 Å². The maximum Gasteiger partial charge on any atom is 0.407 e. The molecule has 0 radical (unpaired) electrons. The fourth-order valence-corrected chi connectivity index (χ4v) is 5.33. The van der Waals surface area contributed by atoms with Gasteiger partial charge in [-0.15, -0.1) is 0 Å². The molecule has 0 aliphatic carbocycles. The molecule has 3 atom stereocenters. The highest BCUT2D eigenvalue weighted by Crippen LogP contribution is 2.36. The number of aromatic nitrogens is 5. The van der Waals surface area contributed by atoms with Gasteiger partial charge in [0.25, 0.3) is 5.91 Å². The van der Waals surface area contributed by atoms with E-state index in [1.165, 1.54) is 40.6 Å². The second-order valence-corrected chi connectivity index (χ2v) is 10.3. The highest BCUT2D eigenvalue weighted by atomic mass is 19.1. The molecule has 0 bridgehead atoms. The lowest BCUT2D eigenvalue weighted by Gasteiger charge is -2.32. The Kier molecular flexibility index (Phi) is 6.30. The molecule has 12 nitrogen and oxygen atoms in total. The molecule has 14 heteroatoms. The number of likely N-dealkylation sites (tertiary alicyclic amines) is 1. The smallest absolute Gasteiger partial charge is 0.407 e. The molecule has 2 fully saturated rings. The van der Waals surface area contributed by atoms with Crippen molar-refractivity contribution in [1.29, 1.82) is 0 Å². The standard InChI is InChI=1S/C28H29F2N7O5/c1-15-7-16(26(38)31-2)8-19(24(15)30)20-10-33-37-12-21(27(34-25(20)37)42-18-4-6-41-14-18)17-9-32-36(11-17)23-3-5-35(28(39)40)13-22(23)29/h7-12,18,22-23H,3-6,13-14H2,1-2H3,(H,31,38)(H,39,40)/t18-,22+,23+/m0/s1/i2D3. The highest BCUT2D eigenvalue weighted by Gasteiger charge is 2.33. The minimum atomic E-state index is -2.73. The van der Waals surface area contributed by atoms with Crippen LogP contribution in [0.25, 0.3) is 27.9 Å². The summed E-state index contributed by atoms with van der Waals surface area (Å²) in [5, 5.41) is 19.9. The largest absolute Gasteiger partial charge is 0.471 e. The highest BCUT2D eigenvalue weighted by molar-refractivity contribution is 5.96. The number of aryl methyl sites for hydroxylation is 1. The van der Waals surface area contributed by atoms with E-state index in [0.29, 0.717) is 30.8 Å². The van der Waals surface area contributed by atoms with Crippen molar-refractivity contribution in [1.82, 2.24) is 34.6 Å². The summed E-state index contributed by atoms with van der Waals surface area (Å²) in [5.74, 6) is -1.36. The van der Waals surface area contributed by atoms with Crippen molar-refractivity contribution >= 4 is 17.6 Å². The molecule has 0 unspecified atom stereocenters. The molecular formula is C28H29F2N7O5. The first kappa shape index (κ1) is 24.1. The summed E-state index contributed by atoms with van der Waals surface area (Å²) in [6.07, 6.45) is 4.06. The van der Waals surface area contributed by atoms with Gasteiger partial charge in [-0.1, -0.05) is 0 Å². The molecule has 1 aromatic carbocycles. The summed E-state index contributed by atoms with van der Waals surface area (Å²) in [7, 11) is 0. The van der Waals surface area contributed by atoms with E-state index in [1.54, 1.807) is 12.4 Å². The van der Waals surface area contributed by atoms with E-state index in [4.69, 9.17) is 18.6 Å². The second kappa shape index (κ2) is 11.0. The fraction of sp³-hybridized carbons (Fsp3) is 0.393.